The summed E-state index contributed by atoms with van der Waals surface area (Å²) in [5, 5.41) is 10.4. The van der Waals surface area contributed by atoms with Crippen molar-refractivity contribution in [3.05, 3.63) is 37.9 Å². The van der Waals surface area contributed by atoms with Crippen molar-refractivity contribution in [1.82, 2.24) is 0 Å². The molecule has 0 aliphatic carbocycles. The van der Waals surface area contributed by atoms with Crippen molar-refractivity contribution in [2.75, 3.05) is 0 Å². The van der Waals surface area contributed by atoms with Gasteiger partial charge in [0.05, 0.1) is 4.92 Å². The van der Waals surface area contributed by atoms with Gasteiger partial charge in [0.2, 0.25) is 0 Å². The van der Waals surface area contributed by atoms with E-state index in [1.165, 1.54) is 13.0 Å². The number of carbonyl (C=O) groups is 1. The van der Waals surface area contributed by atoms with E-state index in [0.29, 0.717) is 0 Å². The number of rotatable bonds is 2. The highest BCUT2D eigenvalue weighted by atomic mass is 35.5. The predicted molar refractivity (Wildman–Crippen MR) is 53.1 cm³/mol. The fourth-order valence-electron chi connectivity index (χ4n) is 0.964. The first-order valence-electron chi connectivity index (χ1n) is 3.58. The van der Waals surface area contributed by atoms with Gasteiger partial charge in [0.25, 0.3) is 5.69 Å². The summed E-state index contributed by atoms with van der Waals surface area (Å²) in [6.07, 6.45) is 0. The summed E-state index contributed by atoms with van der Waals surface area (Å²) < 4.78 is 0. The molecule has 0 bridgehead atoms. The second-order valence-corrected chi connectivity index (χ2v) is 3.41. The minimum Gasteiger partial charge on any atom is -0.294 e. The Morgan fingerprint density at radius 3 is 2.43 bits per heavy atom. The molecule has 0 unspecified atom stereocenters. The third-order valence-electron chi connectivity index (χ3n) is 1.59. The molecule has 0 atom stereocenters. The molecule has 6 heteroatoms. The van der Waals surface area contributed by atoms with Crippen molar-refractivity contribution in [2.45, 2.75) is 6.92 Å². The van der Waals surface area contributed by atoms with Gasteiger partial charge < -0.3 is 0 Å². The van der Waals surface area contributed by atoms with Crippen molar-refractivity contribution >= 4 is 34.7 Å². The maximum atomic E-state index is 11.0. The van der Waals surface area contributed by atoms with Crippen LogP contribution in [0.4, 0.5) is 5.69 Å². The van der Waals surface area contributed by atoms with E-state index in [-0.39, 0.29) is 27.1 Å². The molecule has 0 fully saturated rings. The average Bonchev–Trinajstić information content (AvgIpc) is 2.07. The van der Waals surface area contributed by atoms with Crippen LogP contribution in [0.25, 0.3) is 0 Å². The average molecular weight is 234 g/mol. The number of ketones is 1. The van der Waals surface area contributed by atoms with Crippen LogP contribution in [0.1, 0.15) is 17.3 Å². The number of halogens is 2. The molecule has 14 heavy (non-hydrogen) atoms. The number of carbonyl (C=O) groups excluding carboxylic acids is 1. The molecule has 1 aromatic rings. The SMILES string of the molecule is CC(=O)c1cc(Cl)cc([N+](=O)[O-])c1Cl. The lowest BCUT2D eigenvalue weighted by atomic mass is 10.1. The van der Waals surface area contributed by atoms with Crippen LogP contribution in [0, 0.1) is 10.1 Å². The molecule has 0 saturated heterocycles. The summed E-state index contributed by atoms with van der Waals surface area (Å²) in [6, 6.07) is 2.41. The first kappa shape index (κ1) is 10.9. The molecule has 1 rings (SSSR count). The van der Waals surface area contributed by atoms with Crippen LogP contribution in [0.2, 0.25) is 10.0 Å². The molecule has 0 amide bonds. The summed E-state index contributed by atoms with van der Waals surface area (Å²) in [5.41, 5.74) is -0.296. The van der Waals surface area contributed by atoms with Gasteiger partial charge in [-0.2, -0.15) is 0 Å². The number of nitro benzene ring substituents is 1. The van der Waals surface area contributed by atoms with Crippen LogP contribution in [0.5, 0.6) is 0 Å². The van der Waals surface area contributed by atoms with Crippen LogP contribution in [0.3, 0.4) is 0 Å². The smallest absolute Gasteiger partial charge is 0.290 e. The van der Waals surface area contributed by atoms with Gasteiger partial charge in [-0.25, -0.2) is 0 Å². The van der Waals surface area contributed by atoms with Crippen LogP contribution in [-0.4, -0.2) is 10.7 Å². The van der Waals surface area contributed by atoms with E-state index in [1.807, 2.05) is 0 Å². The highest BCUT2D eigenvalue weighted by molar-refractivity contribution is 6.37. The maximum absolute atomic E-state index is 11.0. The predicted octanol–water partition coefficient (Wildman–Crippen LogP) is 3.10. The fraction of sp³-hybridized carbons (Fsp3) is 0.125. The lowest BCUT2D eigenvalue weighted by Gasteiger charge is -2.01. The zero-order valence-electron chi connectivity index (χ0n) is 7.08. The van der Waals surface area contributed by atoms with Gasteiger partial charge in [-0.05, 0) is 13.0 Å². The summed E-state index contributed by atoms with van der Waals surface area (Å²) in [5.74, 6) is -0.361. The minimum atomic E-state index is -0.680. The van der Waals surface area contributed by atoms with E-state index in [1.54, 1.807) is 0 Å². The maximum Gasteiger partial charge on any atom is 0.290 e. The molecule has 0 radical (unpaired) electrons. The highest BCUT2D eigenvalue weighted by Crippen LogP contribution is 2.31. The van der Waals surface area contributed by atoms with Crippen molar-refractivity contribution in [3.63, 3.8) is 0 Å². The lowest BCUT2D eigenvalue weighted by Crippen LogP contribution is -1.98. The quantitative estimate of drug-likeness (QED) is 0.448. The Kier molecular flexibility index (Phi) is 3.08. The summed E-state index contributed by atoms with van der Waals surface area (Å²) in [4.78, 5) is 20.8. The van der Waals surface area contributed by atoms with E-state index in [9.17, 15) is 14.9 Å². The van der Waals surface area contributed by atoms with Gasteiger partial charge in [-0.15, -0.1) is 0 Å². The van der Waals surface area contributed by atoms with Crippen molar-refractivity contribution < 1.29 is 9.72 Å². The van der Waals surface area contributed by atoms with Crippen molar-refractivity contribution in [3.8, 4) is 0 Å². The Morgan fingerprint density at radius 2 is 2.00 bits per heavy atom. The highest BCUT2D eigenvalue weighted by Gasteiger charge is 2.19. The van der Waals surface area contributed by atoms with Crippen LogP contribution >= 0.6 is 23.2 Å². The zero-order valence-corrected chi connectivity index (χ0v) is 8.59. The van der Waals surface area contributed by atoms with Crippen LogP contribution in [0.15, 0.2) is 12.1 Å². The molecule has 0 aliphatic rings. The fourth-order valence-corrected chi connectivity index (χ4v) is 1.49. The normalized spacial score (nSPS) is 9.93. The Morgan fingerprint density at radius 1 is 1.43 bits per heavy atom. The lowest BCUT2D eigenvalue weighted by molar-refractivity contribution is -0.384. The number of hydrogen-bond acceptors (Lipinski definition) is 3. The molecular formula is C8H5Cl2NO3. The number of benzene rings is 1. The number of Topliss-reactive ketones (excluding diaryl/α,β-unsaturated/α-hetero) is 1. The molecule has 1 aromatic carbocycles. The summed E-state index contributed by atoms with van der Waals surface area (Å²) >= 11 is 11.2. The molecule has 0 aromatic heterocycles. The van der Waals surface area contributed by atoms with Gasteiger partial charge in [-0.1, -0.05) is 23.2 Å². The van der Waals surface area contributed by atoms with E-state index in [0.717, 1.165) is 6.07 Å². The van der Waals surface area contributed by atoms with Crippen LogP contribution in [-0.2, 0) is 0 Å². The number of nitro groups is 1. The van der Waals surface area contributed by atoms with Gasteiger partial charge in [-0.3, -0.25) is 14.9 Å². The Labute approximate surface area is 89.6 Å². The van der Waals surface area contributed by atoms with Crippen molar-refractivity contribution in [2.24, 2.45) is 0 Å². The van der Waals surface area contributed by atoms with E-state index in [4.69, 9.17) is 23.2 Å². The number of hydrogen-bond donors (Lipinski definition) is 0. The molecule has 74 valence electrons. The minimum absolute atomic E-state index is 0.0610. The monoisotopic (exact) mass is 233 g/mol. The number of nitrogens with zero attached hydrogens (tertiary/aromatic N) is 1. The second-order valence-electron chi connectivity index (χ2n) is 2.60. The molecule has 0 aliphatic heterocycles. The molecule has 0 N–H and O–H groups in total. The van der Waals surface area contributed by atoms with Gasteiger partial charge in [0, 0.05) is 16.7 Å². The first-order chi connectivity index (χ1) is 6.43. The Hall–Kier alpha value is -1.13. The topological polar surface area (TPSA) is 60.2 Å². The van der Waals surface area contributed by atoms with Gasteiger partial charge in [0.15, 0.2) is 5.78 Å². The van der Waals surface area contributed by atoms with E-state index < -0.39 is 4.92 Å². The molecular weight excluding hydrogens is 229 g/mol. The van der Waals surface area contributed by atoms with Crippen LogP contribution < -0.4 is 0 Å². The molecule has 4 nitrogen and oxygen atoms in total. The third kappa shape index (κ3) is 2.02. The standard InChI is InChI=1S/C8H5Cl2NO3/c1-4(12)6-2-5(9)3-7(8(6)10)11(13)14/h2-3H,1H3. The van der Waals surface area contributed by atoms with E-state index in [2.05, 4.69) is 0 Å². The first-order valence-corrected chi connectivity index (χ1v) is 4.33. The Balaban J connectivity index is 3.47. The summed E-state index contributed by atoms with van der Waals surface area (Å²) in [7, 11) is 0. The van der Waals surface area contributed by atoms with Gasteiger partial charge >= 0.3 is 0 Å². The second kappa shape index (κ2) is 3.94. The molecule has 0 saturated carbocycles. The van der Waals surface area contributed by atoms with Gasteiger partial charge in [0.1, 0.15) is 5.02 Å². The molecule has 0 heterocycles. The zero-order chi connectivity index (χ0) is 10.9. The third-order valence-corrected chi connectivity index (χ3v) is 2.21. The van der Waals surface area contributed by atoms with Crippen molar-refractivity contribution in [1.29, 1.82) is 0 Å². The molecule has 0 spiro atoms. The Bertz CT molecular complexity index is 382. The summed E-state index contributed by atoms with van der Waals surface area (Å²) in [6.45, 7) is 1.27. The largest absolute Gasteiger partial charge is 0.294 e. The van der Waals surface area contributed by atoms with E-state index >= 15 is 0 Å².